The summed E-state index contributed by atoms with van der Waals surface area (Å²) in [6, 6.07) is 5.92. The van der Waals surface area contributed by atoms with E-state index in [0.29, 0.717) is 6.54 Å². The molecule has 1 unspecified atom stereocenters. The number of pyridine rings is 1. The molecule has 0 saturated carbocycles. The van der Waals surface area contributed by atoms with Crippen molar-refractivity contribution in [1.29, 1.82) is 0 Å². The van der Waals surface area contributed by atoms with Gasteiger partial charge in [-0.2, -0.15) is 0 Å². The summed E-state index contributed by atoms with van der Waals surface area (Å²) in [5.74, 6) is 0.0866. The van der Waals surface area contributed by atoms with Gasteiger partial charge in [-0.05, 0) is 18.6 Å². The molecule has 2 aromatic heterocycles. The average Bonchev–Trinajstić information content (AvgIpc) is 3.02. The smallest absolute Gasteiger partial charge is 0.235 e. The van der Waals surface area contributed by atoms with Crippen LogP contribution in [0.15, 0.2) is 30.6 Å². The van der Waals surface area contributed by atoms with Crippen molar-refractivity contribution in [3.63, 3.8) is 0 Å². The van der Waals surface area contributed by atoms with Gasteiger partial charge in [0.25, 0.3) is 0 Å². The molecule has 5 nitrogen and oxygen atoms in total. The van der Waals surface area contributed by atoms with Crippen LogP contribution in [0.3, 0.4) is 0 Å². The number of hydrogen-bond donors (Lipinski definition) is 1. The Hall–Kier alpha value is -1.88. The predicted molar refractivity (Wildman–Crippen MR) is 77.2 cm³/mol. The van der Waals surface area contributed by atoms with E-state index in [0.717, 1.165) is 24.3 Å². The zero-order chi connectivity index (χ0) is 13.9. The summed E-state index contributed by atoms with van der Waals surface area (Å²) < 4.78 is 1.99. The fraction of sp³-hybridized carbons (Fsp3) is 0.467. The number of nitrogens with one attached hydrogen (secondary N) is 1. The Morgan fingerprint density at radius 1 is 1.40 bits per heavy atom. The third kappa shape index (κ3) is 2.54. The van der Waals surface area contributed by atoms with Crippen LogP contribution in [0.4, 0.5) is 0 Å². The van der Waals surface area contributed by atoms with E-state index in [4.69, 9.17) is 0 Å². The van der Waals surface area contributed by atoms with Crippen LogP contribution in [-0.4, -0.2) is 33.3 Å². The highest BCUT2D eigenvalue weighted by molar-refractivity contribution is 5.80. The highest BCUT2D eigenvalue weighted by Gasteiger charge is 2.31. The van der Waals surface area contributed by atoms with Crippen LogP contribution in [-0.2, 0) is 4.79 Å². The van der Waals surface area contributed by atoms with E-state index in [9.17, 15) is 4.79 Å². The van der Waals surface area contributed by atoms with Crippen LogP contribution in [0.2, 0.25) is 0 Å². The lowest BCUT2D eigenvalue weighted by Crippen LogP contribution is -2.28. The minimum Gasteiger partial charge on any atom is -0.334 e. The van der Waals surface area contributed by atoms with Gasteiger partial charge in [0, 0.05) is 18.9 Å². The molecule has 1 amide bonds. The molecule has 3 rings (SSSR count). The van der Waals surface area contributed by atoms with Crippen molar-refractivity contribution in [2.24, 2.45) is 0 Å². The first-order chi connectivity index (χ1) is 9.78. The van der Waals surface area contributed by atoms with Crippen LogP contribution in [0.5, 0.6) is 0 Å². The quantitative estimate of drug-likeness (QED) is 0.846. The zero-order valence-corrected chi connectivity index (χ0v) is 11.7. The van der Waals surface area contributed by atoms with Gasteiger partial charge in [-0.3, -0.25) is 9.69 Å². The molecule has 0 aromatic carbocycles. The van der Waals surface area contributed by atoms with Crippen molar-refractivity contribution in [3.05, 3.63) is 36.3 Å². The Bertz CT molecular complexity index is 574. The number of amides is 1. The Morgan fingerprint density at radius 3 is 3.10 bits per heavy atom. The van der Waals surface area contributed by atoms with Crippen molar-refractivity contribution >= 4 is 11.6 Å². The molecule has 5 heteroatoms. The molecular formula is C15H20N4O. The van der Waals surface area contributed by atoms with Gasteiger partial charge in [-0.25, -0.2) is 4.98 Å². The number of aromatic nitrogens is 2. The standard InChI is InChI=1S/C15H20N4O/c1-2-3-5-9-19-11-14(20)17-15(19)12-10-18-8-6-4-7-13(18)16-12/h4,6-8,10,15H,2-3,5,9,11H2,1H3,(H,17,20). The van der Waals surface area contributed by atoms with Crippen LogP contribution in [0.1, 0.15) is 38.0 Å². The monoisotopic (exact) mass is 272 g/mol. The maximum atomic E-state index is 11.7. The SMILES string of the molecule is CCCCCN1CC(=O)NC1c1cn2ccccc2n1. The van der Waals surface area contributed by atoms with Gasteiger partial charge >= 0.3 is 0 Å². The first kappa shape index (κ1) is 13.1. The summed E-state index contributed by atoms with van der Waals surface area (Å²) in [7, 11) is 0. The van der Waals surface area contributed by atoms with Crippen molar-refractivity contribution in [1.82, 2.24) is 19.6 Å². The summed E-state index contributed by atoms with van der Waals surface area (Å²) in [5.41, 5.74) is 1.83. The Morgan fingerprint density at radius 2 is 2.30 bits per heavy atom. The molecule has 1 fully saturated rings. The van der Waals surface area contributed by atoms with Crippen LogP contribution >= 0.6 is 0 Å². The van der Waals surface area contributed by atoms with Gasteiger partial charge in [-0.15, -0.1) is 0 Å². The maximum absolute atomic E-state index is 11.7. The molecule has 0 spiro atoms. The van der Waals surface area contributed by atoms with Crippen molar-refractivity contribution in [2.75, 3.05) is 13.1 Å². The molecule has 20 heavy (non-hydrogen) atoms. The summed E-state index contributed by atoms with van der Waals surface area (Å²) in [4.78, 5) is 18.5. The minimum absolute atomic E-state index is 0.0840. The summed E-state index contributed by atoms with van der Waals surface area (Å²) in [5, 5.41) is 3.02. The Labute approximate surface area is 118 Å². The normalized spacial score (nSPS) is 19.6. The van der Waals surface area contributed by atoms with E-state index in [1.54, 1.807) is 0 Å². The van der Waals surface area contributed by atoms with Crippen LogP contribution < -0.4 is 5.32 Å². The summed E-state index contributed by atoms with van der Waals surface area (Å²) >= 11 is 0. The topological polar surface area (TPSA) is 49.6 Å². The number of carbonyl (C=O) groups excluding carboxylic acids is 1. The van der Waals surface area contributed by atoms with E-state index in [1.807, 2.05) is 35.0 Å². The molecule has 0 aliphatic carbocycles. The van der Waals surface area contributed by atoms with Gasteiger partial charge < -0.3 is 9.72 Å². The molecule has 1 atom stereocenters. The van der Waals surface area contributed by atoms with Crippen molar-refractivity contribution in [2.45, 2.75) is 32.4 Å². The van der Waals surface area contributed by atoms with Gasteiger partial charge in [0.1, 0.15) is 11.8 Å². The Kier molecular flexibility index (Phi) is 3.69. The highest BCUT2D eigenvalue weighted by atomic mass is 16.2. The van der Waals surface area contributed by atoms with E-state index in [-0.39, 0.29) is 12.1 Å². The summed E-state index contributed by atoms with van der Waals surface area (Å²) in [6.45, 7) is 3.60. The number of imidazole rings is 1. The van der Waals surface area contributed by atoms with Gasteiger partial charge in [0.2, 0.25) is 5.91 Å². The van der Waals surface area contributed by atoms with Gasteiger partial charge in [-0.1, -0.05) is 25.8 Å². The third-order valence-corrected chi connectivity index (χ3v) is 3.72. The highest BCUT2D eigenvalue weighted by Crippen LogP contribution is 2.22. The molecule has 3 heterocycles. The molecule has 1 aliphatic heterocycles. The molecule has 0 bridgehead atoms. The average molecular weight is 272 g/mol. The molecule has 1 aliphatic rings. The maximum Gasteiger partial charge on any atom is 0.235 e. The molecular weight excluding hydrogens is 252 g/mol. The van der Waals surface area contributed by atoms with Crippen LogP contribution in [0, 0.1) is 0 Å². The third-order valence-electron chi connectivity index (χ3n) is 3.72. The first-order valence-corrected chi connectivity index (χ1v) is 7.25. The largest absolute Gasteiger partial charge is 0.334 e. The first-order valence-electron chi connectivity index (χ1n) is 7.25. The second kappa shape index (κ2) is 5.63. The van der Waals surface area contributed by atoms with Gasteiger partial charge in [0.05, 0.1) is 12.2 Å². The lowest BCUT2D eigenvalue weighted by Gasteiger charge is -2.21. The number of hydrogen-bond acceptors (Lipinski definition) is 3. The number of fused-ring (bicyclic) bond motifs is 1. The molecule has 1 saturated heterocycles. The molecule has 0 radical (unpaired) electrons. The van der Waals surface area contributed by atoms with E-state index in [1.165, 1.54) is 12.8 Å². The fourth-order valence-corrected chi connectivity index (χ4v) is 2.69. The fourth-order valence-electron chi connectivity index (χ4n) is 2.69. The lowest BCUT2D eigenvalue weighted by molar-refractivity contribution is -0.118. The molecule has 1 N–H and O–H groups in total. The van der Waals surface area contributed by atoms with Crippen molar-refractivity contribution < 1.29 is 4.79 Å². The van der Waals surface area contributed by atoms with E-state index >= 15 is 0 Å². The van der Waals surface area contributed by atoms with Crippen LogP contribution in [0.25, 0.3) is 5.65 Å². The van der Waals surface area contributed by atoms with E-state index in [2.05, 4.69) is 22.1 Å². The summed E-state index contributed by atoms with van der Waals surface area (Å²) in [6.07, 6.45) is 7.40. The predicted octanol–water partition coefficient (Wildman–Crippen LogP) is 1.95. The number of nitrogens with zero attached hydrogens (tertiary/aromatic N) is 3. The molecule has 2 aromatic rings. The zero-order valence-electron chi connectivity index (χ0n) is 11.7. The minimum atomic E-state index is -0.0840. The van der Waals surface area contributed by atoms with Gasteiger partial charge in [0.15, 0.2) is 0 Å². The second-order valence-electron chi connectivity index (χ2n) is 5.28. The van der Waals surface area contributed by atoms with Crippen molar-refractivity contribution in [3.8, 4) is 0 Å². The second-order valence-corrected chi connectivity index (χ2v) is 5.28. The Balaban J connectivity index is 1.80. The number of unbranched alkanes of at least 4 members (excludes halogenated alkanes) is 2. The molecule has 106 valence electrons. The number of carbonyl (C=O) groups is 1. The lowest BCUT2D eigenvalue weighted by atomic mass is 10.2. The van der Waals surface area contributed by atoms with E-state index < -0.39 is 0 Å². The number of rotatable bonds is 5.